The molecular weight excluding hydrogens is 326 g/mol. The molecule has 3 heteroatoms. The van der Waals surface area contributed by atoms with Gasteiger partial charge in [-0.3, -0.25) is 0 Å². The second-order valence-electron chi connectivity index (χ2n) is 5.75. The van der Waals surface area contributed by atoms with Crippen molar-refractivity contribution in [1.29, 1.82) is 0 Å². The smallest absolute Gasteiger partial charge is 0.118 e. The van der Waals surface area contributed by atoms with E-state index in [1.54, 1.807) is 13.3 Å². The van der Waals surface area contributed by atoms with Crippen molar-refractivity contribution in [3.8, 4) is 5.75 Å². The minimum absolute atomic E-state index is 0.935. The van der Waals surface area contributed by atoms with Crippen LogP contribution >= 0.6 is 11.8 Å². The number of para-hydroxylation sites is 1. The number of anilines is 1. The molecule has 0 heterocycles. The second kappa shape index (κ2) is 13.4. The molecule has 0 fully saturated rings. The van der Waals surface area contributed by atoms with E-state index < -0.39 is 0 Å². The van der Waals surface area contributed by atoms with Gasteiger partial charge >= 0.3 is 0 Å². The number of rotatable bonds is 9. The van der Waals surface area contributed by atoms with Gasteiger partial charge in [-0.25, -0.2) is 0 Å². The van der Waals surface area contributed by atoms with E-state index in [1.165, 1.54) is 41.9 Å². The van der Waals surface area contributed by atoms with Gasteiger partial charge in [0.2, 0.25) is 0 Å². The molecule has 2 aromatic rings. The molecular formula is C22H31NOS. The number of unbranched alkanes of at least 4 members (excludes halogenated alkanes) is 3. The summed E-state index contributed by atoms with van der Waals surface area (Å²) >= 11 is 1.93. The lowest BCUT2D eigenvalue weighted by Gasteiger charge is -2.03. The molecule has 0 radical (unpaired) electrons. The number of hydrogen-bond donors (Lipinski definition) is 1. The highest BCUT2D eigenvalue weighted by Gasteiger charge is 1.95. The number of benzene rings is 2. The number of thioether (sulfide) groups is 1. The Bertz CT molecular complexity index is 595. The molecule has 2 aromatic carbocycles. The van der Waals surface area contributed by atoms with Crippen molar-refractivity contribution in [3.63, 3.8) is 0 Å². The van der Waals surface area contributed by atoms with Gasteiger partial charge in [0.15, 0.2) is 0 Å². The highest BCUT2D eigenvalue weighted by Crippen LogP contribution is 2.22. The van der Waals surface area contributed by atoms with Crippen molar-refractivity contribution in [2.24, 2.45) is 0 Å². The van der Waals surface area contributed by atoms with Crippen LogP contribution in [0.1, 0.15) is 38.2 Å². The summed E-state index contributed by atoms with van der Waals surface area (Å²) in [4.78, 5) is 1.34. The minimum Gasteiger partial charge on any atom is -0.497 e. The van der Waals surface area contributed by atoms with Crippen LogP contribution in [0.25, 0.3) is 0 Å². The molecule has 0 unspecified atom stereocenters. The van der Waals surface area contributed by atoms with Crippen LogP contribution in [-0.2, 0) is 0 Å². The predicted molar refractivity (Wildman–Crippen MR) is 113 cm³/mol. The highest BCUT2D eigenvalue weighted by atomic mass is 32.2. The zero-order valence-electron chi connectivity index (χ0n) is 15.8. The lowest BCUT2D eigenvalue weighted by molar-refractivity contribution is 0.414. The van der Waals surface area contributed by atoms with Gasteiger partial charge in [0, 0.05) is 10.6 Å². The van der Waals surface area contributed by atoms with Gasteiger partial charge < -0.3 is 10.1 Å². The summed E-state index contributed by atoms with van der Waals surface area (Å²) in [6.45, 7) is 7.89. The van der Waals surface area contributed by atoms with Crippen molar-refractivity contribution in [1.82, 2.24) is 0 Å². The Kier molecular flexibility index (Phi) is 11.4. The van der Waals surface area contributed by atoms with Crippen LogP contribution in [0.15, 0.2) is 66.2 Å². The average Bonchev–Trinajstić information content (AvgIpc) is 2.65. The standard InChI is InChI=1S/C13H20OS.C9H11N/c1-3-4-5-6-11-15-13-9-7-12(14-2)8-10-13;1-3-10-9-7-5-4-6-8(9)2/h7-10H,3-6,11H2,1-2H3;3-7,10H,1H2,2H3. The lowest BCUT2D eigenvalue weighted by atomic mass is 10.2. The van der Waals surface area contributed by atoms with Crippen molar-refractivity contribution in [2.75, 3.05) is 18.2 Å². The third-order valence-electron chi connectivity index (χ3n) is 3.73. The molecule has 0 aromatic heterocycles. The van der Waals surface area contributed by atoms with Crippen LogP contribution in [0.5, 0.6) is 5.75 Å². The van der Waals surface area contributed by atoms with Crippen LogP contribution in [0.4, 0.5) is 5.69 Å². The van der Waals surface area contributed by atoms with Crippen LogP contribution in [0.2, 0.25) is 0 Å². The molecule has 2 nitrogen and oxygen atoms in total. The Morgan fingerprint density at radius 1 is 1.04 bits per heavy atom. The molecule has 0 aliphatic carbocycles. The topological polar surface area (TPSA) is 21.3 Å². The van der Waals surface area contributed by atoms with Crippen molar-refractivity contribution < 1.29 is 4.74 Å². The summed E-state index contributed by atoms with van der Waals surface area (Å²) in [5.41, 5.74) is 2.36. The van der Waals surface area contributed by atoms with E-state index in [0.29, 0.717) is 0 Å². The Morgan fingerprint density at radius 2 is 1.76 bits per heavy atom. The fourth-order valence-electron chi connectivity index (χ4n) is 2.24. The van der Waals surface area contributed by atoms with Gasteiger partial charge in [0.05, 0.1) is 7.11 Å². The monoisotopic (exact) mass is 357 g/mol. The van der Waals surface area contributed by atoms with E-state index in [0.717, 1.165) is 11.4 Å². The number of nitrogens with one attached hydrogen (secondary N) is 1. The Morgan fingerprint density at radius 3 is 2.36 bits per heavy atom. The van der Waals surface area contributed by atoms with E-state index in [1.807, 2.05) is 42.1 Å². The fraction of sp³-hybridized carbons (Fsp3) is 0.364. The van der Waals surface area contributed by atoms with Gasteiger partial charge in [-0.1, -0.05) is 51.0 Å². The fourth-order valence-corrected chi connectivity index (χ4v) is 3.15. The Hall–Kier alpha value is -1.87. The van der Waals surface area contributed by atoms with E-state index in [2.05, 4.69) is 43.9 Å². The molecule has 0 amide bonds. The summed E-state index contributed by atoms with van der Waals surface area (Å²) in [5, 5.41) is 3.04. The summed E-state index contributed by atoms with van der Waals surface area (Å²) in [7, 11) is 1.70. The van der Waals surface area contributed by atoms with Crippen LogP contribution < -0.4 is 10.1 Å². The molecule has 0 aliphatic heterocycles. The summed E-state index contributed by atoms with van der Waals surface area (Å²) in [6, 6.07) is 16.4. The number of hydrogen-bond acceptors (Lipinski definition) is 3. The van der Waals surface area contributed by atoms with Crippen LogP contribution in [0.3, 0.4) is 0 Å². The average molecular weight is 358 g/mol. The number of methoxy groups -OCH3 is 1. The largest absolute Gasteiger partial charge is 0.497 e. The molecule has 0 bridgehead atoms. The maximum atomic E-state index is 5.12. The zero-order chi connectivity index (χ0) is 18.3. The first kappa shape index (κ1) is 21.2. The minimum atomic E-state index is 0.935. The van der Waals surface area contributed by atoms with Crippen molar-refractivity contribution in [2.45, 2.75) is 44.4 Å². The van der Waals surface area contributed by atoms with Crippen molar-refractivity contribution >= 4 is 17.4 Å². The molecule has 136 valence electrons. The van der Waals surface area contributed by atoms with E-state index in [-0.39, 0.29) is 0 Å². The maximum absolute atomic E-state index is 5.12. The molecule has 0 spiro atoms. The summed E-state index contributed by atoms with van der Waals surface area (Å²) in [6.07, 6.45) is 7.04. The van der Waals surface area contributed by atoms with E-state index >= 15 is 0 Å². The predicted octanol–water partition coefficient (Wildman–Crippen LogP) is 6.92. The van der Waals surface area contributed by atoms with Gasteiger partial charge in [-0.2, -0.15) is 0 Å². The first-order valence-corrected chi connectivity index (χ1v) is 9.89. The normalized spacial score (nSPS) is 9.72. The molecule has 2 rings (SSSR count). The van der Waals surface area contributed by atoms with Crippen LogP contribution in [-0.4, -0.2) is 12.9 Å². The zero-order valence-corrected chi connectivity index (χ0v) is 16.6. The summed E-state index contributed by atoms with van der Waals surface area (Å²) < 4.78 is 5.12. The molecule has 0 saturated heterocycles. The third kappa shape index (κ3) is 9.25. The lowest BCUT2D eigenvalue weighted by Crippen LogP contribution is -1.87. The number of aryl methyl sites for hydroxylation is 1. The molecule has 0 aliphatic rings. The molecule has 25 heavy (non-hydrogen) atoms. The molecule has 0 atom stereocenters. The van der Waals surface area contributed by atoms with Gasteiger partial charge in [0.25, 0.3) is 0 Å². The first-order valence-electron chi connectivity index (χ1n) is 8.91. The van der Waals surface area contributed by atoms with E-state index in [9.17, 15) is 0 Å². The van der Waals surface area contributed by atoms with Gasteiger partial charge in [-0.15, -0.1) is 11.8 Å². The quantitative estimate of drug-likeness (QED) is 0.389. The SMILES string of the molecule is C=CNc1ccccc1C.CCCCCCSc1ccc(OC)cc1. The Labute approximate surface area is 157 Å². The second-order valence-corrected chi connectivity index (χ2v) is 6.92. The van der Waals surface area contributed by atoms with E-state index in [4.69, 9.17) is 4.74 Å². The van der Waals surface area contributed by atoms with Gasteiger partial charge in [-0.05, 0) is 61.2 Å². The first-order chi connectivity index (χ1) is 12.2. The van der Waals surface area contributed by atoms with Gasteiger partial charge in [0.1, 0.15) is 5.75 Å². The third-order valence-corrected chi connectivity index (χ3v) is 4.83. The Balaban J connectivity index is 0.000000271. The molecule has 1 N–H and O–H groups in total. The summed E-state index contributed by atoms with van der Waals surface area (Å²) in [5.74, 6) is 2.16. The molecule has 0 saturated carbocycles. The van der Waals surface area contributed by atoms with Crippen molar-refractivity contribution in [3.05, 3.63) is 66.9 Å². The highest BCUT2D eigenvalue weighted by molar-refractivity contribution is 7.99. The number of ether oxygens (including phenoxy) is 1. The van der Waals surface area contributed by atoms with Crippen LogP contribution in [0, 0.1) is 6.92 Å². The maximum Gasteiger partial charge on any atom is 0.118 e.